The average molecular weight is 1760 g/mol. The van der Waals surface area contributed by atoms with Gasteiger partial charge >= 0.3 is 0 Å². The summed E-state index contributed by atoms with van der Waals surface area (Å²) < 4.78 is 0. The van der Waals surface area contributed by atoms with Crippen LogP contribution in [0.3, 0.4) is 0 Å². The van der Waals surface area contributed by atoms with Gasteiger partial charge in [0.25, 0.3) is 0 Å². The Labute approximate surface area is 798 Å². The van der Waals surface area contributed by atoms with Gasteiger partial charge in [-0.25, -0.2) is 44.9 Å². The first kappa shape index (κ1) is 86.7. The van der Waals surface area contributed by atoms with Gasteiger partial charge in [-0.2, -0.15) is 0 Å². The van der Waals surface area contributed by atoms with E-state index in [-0.39, 0.29) is 32.5 Å². The fraction of sp³-hybridized carbons (Fsp3) is 0.142. The van der Waals surface area contributed by atoms with Crippen LogP contribution in [0.25, 0.3) is 191 Å². The Bertz CT molecular complexity index is 7810. The summed E-state index contributed by atoms with van der Waals surface area (Å²) in [5, 5.41) is 2.36. The van der Waals surface area contributed by atoms with Crippen LogP contribution in [0.5, 0.6) is 0 Å². The second-order valence-corrected chi connectivity index (χ2v) is 39.3. The van der Waals surface area contributed by atoms with Crippen LogP contribution in [0.2, 0.25) is 0 Å². The van der Waals surface area contributed by atoms with E-state index in [0.717, 1.165) is 61.0 Å². The van der Waals surface area contributed by atoms with E-state index in [1.54, 1.807) is 0 Å². The van der Waals surface area contributed by atoms with Gasteiger partial charge in [0.05, 0.1) is 0 Å². The van der Waals surface area contributed by atoms with Crippen molar-refractivity contribution >= 4 is 10.8 Å². The maximum Gasteiger partial charge on any atom is 0.164 e. The smallest absolute Gasteiger partial charge is 0.164 e. The van der Waals surface area contributed by atoms with E-state index in [0.29, 0.717) is 52.4 Å². The first-order chi connectivity index (χ1) is 65.9. The van der Waals surface area contributed by atoms with E-state index in [9.17, 15) is 0 Å². The fourth-order valence-electron chi connectivity index (χ4n) is 20.2. The lowest BCUT2D eigenvalue weighted by molar-refractivity contribution is 0.299. The largest absolute Gasteiger partial charge is 0.208 e. The minimum Gasteiger partial charge on any atom is -0.208 e. The molecule has 17 aromatic carbocycles. The second kappa shape index (κ2) is 34.9. The number of rotatable bonds is 13. The molecular formula is C127H105N9. The number of nitrogens with zero attached hydrogens (tertiary/aromatic N) is 9. The predicted octanol–water partition coefficient (Wildman–Crippen LogP) is 32.1. The molecule has 0 aliphatic heterocycles. The maximum absolute atomic E-state index is 5.11. The van der Waals surface area contributed by atoms with Crippen LogP contribution in [0.15, 0.2) is 419 Å². The minimum atomic E-state index is -0.156. The molecule has 0 amide bonds. The Morgan fingerprint density at radius 2 is 0.338 bits per heavy atom. The highest BCUT2D eigenvalue weighted by Gasteiger charge is 2.49. The van der Waals surface area contributed by atoms with E-state index in [1.807, 2.05) is 140 Å². The van der Waals surface area contributed by atoms with Crippen molar-refractivity contribution in [3.63, 3.8) is 0 Å². The maximum atomic E-state index is 5.11. The Morgan fingerprint density at radius 1 is 0.118 bits per heavy atom. The lowest BCUT2D eigenvalue weighted by Gasteiger charge is -2.48. The third-order valence-electron chi connectivity index (χ3n) is 30.1. The minimum absolute atomic E-state index is 0.00619. The van der Waals surface area contributed by atoms with Crippen LogP contribution < -0.4 is 0 Å². The van der Waals surface area contributed by atoms with Gasteiger partial charge in [-0.15, -0.1) is 0 Å². The Kier molecular flexibility index (Phi) is 22.2. The lowest BCUT2D eigenvalue weighted by Crippen LogP contribution is -2.43. The topological polar surface area (TPSA) is 116 Å². The summed E-state index contributed by atoms with van der Waals surface area (Å²) in [6, 6.07) is 148. The molecule has 3 aliphatic carbocycles. The first-order valence-electron chi connectivity index (χ1n) is 47.1. The number of hydrogen-bond acceptors (Lipinski definition) is 9. The SMILES string of the molecule is CC1(C)c2cc(-c3ccccc3)ccc2-c2ccc(-c3nc(-c4ccccc4)nc(-c4ccc5ccccc5c4)n3)cc2C1(C)C.CC1(C)c2cc(-c3ccccc3)ccc2-c2ccc(-c3nc(-c4ccccc4)nc(-c4ccccc4)n3)cc2C1(C)C.CC1(C)c2ccccc2-c2cc(-c3ccccc3-c3cccc(-c4nc(-c5ccccc5)nc(-c5ccccc5)n4)c3)ccc2C1(C)C. The molecule has 0 bridgehead atoms. The zero-order valence-corrected chi connectivity index (χ0v) is 78.9. The van der Waals surface area contributed by atoms with Crippen LogP contribution >= 0.6 is 0 Å². The molecule has 0 saturated carbocycles. The quantitative estimate of drug-likeness (QED) is 0.111. The summed E-state index contributed by atoms with van der Waals surface area (Å²) in [5.74, 6) is 6.03. The van der Waals surface area contributed by atoms with E-state index in [4.69, 9.17) is 44.9 Å². The highest BCUT2D eigenvalue weighted by molar-refractivity contribution is 5.92. The molecule has 3 aliphatic rings. The molecule has 9 heteroatoms. The predicted molar refractivity (Wildman–Crippen MR) is 562 cm³/mol. The van der Waals surface area contributed by atoms with Crippen LogP contribution in [0.1, 0.15) is 116 Å². The fourth-order valence-corrected chi connectivity index (χ4v) is 20.2. The van der Waals surface area contributed by atoms with Crippen molar-refractivity contribution in [1.82, 2.24) is 44.9 Å². The van der Waals surface area contributed by atoms with Gasteiger partial charge in [0.1, 0.15) is 0 Å². The zero-order valence-electron chi connectivity index (χ0n) is 78.9. The van der Waals surface area contributed by atoms with Gasteiger partial charge in [0.15, 0.2) is 52.4 Å². The van der Waals surface area contributed by atoms with Crippen molar-refractivity contribution < 1.29 is 0 Å². The van der Waals surface area contributed by atoms with Crippen LogP contribution in [0, 0.1) is 0 Å². The summed E-state index contributed by atoms with van der Waals surface area (Å²) in [6.45, 7) is 28.5. The molecule has 0 spiro atoms. The molecule has 9 nitrogen and oxygen atoms in total. The average Bonchev–Trinajstić information content (AvgIpc) is 0.719. The highest BCUT2D eigenvalue weighted by Crippen LogP contribution is 2.59. The Hall–Kier alpha value is -16.0. The van der Waals surface area contributed by atoms with Crippen molar-refractivity contribution in [3.8, 4) is 180 Å². The van der Waals surface area contributed by atoms with Gasteiger partial charge in [-0.3, -0.25) is 0 Å². The number of benzene rings is 17. The van der Waals surface area contributed by atoms with Crippen molar-refractivity contribution in [2.24, 2.45) is 0 Å². The van der Waals surface area contributed by atoms with Crippen molar-refractivity contribution in [2.75, 3.05) is 0 Å². The van der Waals surface area contributed by atoms with Crippen LogP contribution in [0.4, 0.5) is 0 Å². The number of aromatic nitrogens is 9. The van der Waals surface area contributed by atoms with Crippen LogP contribution in [-0.4, -0.2) is 44.9 Å². The number of fused-ring (bicyclic) bond motifs is 10. The standard InChI is InChI=1S/C45H37N3.C43H35N3.C39H33N3/c1-44(2)39-25-14-13-24-37(39)38-29-33(26-27-40(38)45(44,3)4)36-23-12-11-22-35(36)32-20-15-21-34(28-32)43-47-41(30-16-7-5-8-17-30)46-42(48-43)31-18-9-6-10-19-31;1-42(2)37-26-32(28-13-7-5-8-14-28)21-23-35(37)36-24-22-34(27-38(36)43(42,3)4)41-45-39(30-16-9-6-10-17-30)44-40(46-41)33-20-19-29-15-11-12-18-31(29)25-33;1-38(2)33-24-29(26-14-8-5-9-15-26)20-22-31(33)32-23-21-30(25-34(32)39(38,3)4)37-41-35(27-16-10-6-11-17-27)40-36(42-37)28-18-12-7-13-19-28/h5-29H,1-4H3;5-27H,1-4H3;5-25H,1-4H3. The molecule has 0 radical (unpaired) electrons. The molecule has 658 valence electrons. The van der Waals surface area contributed by atoms with Gasteiger partial charge in [-0.1, -0.05) is 459 Å². The molecule has 0 fully saturated rings. The monoisotopic (exact) mass is 1760 g/mol. The molecule has 3 heterocycles. The molecule has 20 aromatic rings. The van der Waals surface area contributed by atoms with E-state index >= 15 is 0 Å². The van der Waals surface area contributed by atoms with Gasteiger partial charge in [-0.05, 0) is 197 Å². The normalized spacial score (nSPS) is 14.4. The third-order valence-corrected chi connectivity index (χ3v) is 30.1. The molecule has 23 rings (SSSR count). The summed E-state index contributed by atoms with van der Waals surface area (Å²) in [6.07, 6.45) is 0. The number of hydrogen-bond donors (Lipinski definition) is 0. The molecule has 0 N–H and O–H groups in total. The molecule has 0 unspecified atom stereocenters. The Balaban J connectivity index is 0.000000122. The second-order valence-electron chi connectivity index (χ2n) is 39.3. The van der Waals surface area contributed by atoms with E-state index in [2.05, 4.69) is 362 Å². The van der Waals surface area contributed by atoms with Crippen molar-refractivity contribution in [1.29, 1.82) is 0 Å². The van der Waals surface area contributed by atoms with E-state index < -0.39 is 0 Å². The highest BCUT2D eigenvalue weighted by atomic mass is 15.1. The van der Waals surface area contributed by atoms with Gasteiger partial charge in [0, 0.05) is 50.1 Å². The zero-order chi connectivity index (χ0) is 93.2. The molecular weight excluding hydrogens is 1650 g/mol. The summed E-state index contributed by atoms with van der Waals surface area (Å²) in [4.78, 5) is 44.9. The Morgan fingerprint density at radius 3 is 0.699 bits per heavy atom. The molecule has 0 saturated heterocycles. The summed E-state index contributed by atoms with van der Waals surface area (Å²) >= 11 is 0. The summed E-state index contributed by atoms with van der Waals surface area (Å²) in [5.41, 5.74) is 33.9. The molecule has 0 atom stereocenters. The molecule has 136 heavy (non-hydrogen) atoms. The first-order valence-corrected chi connectivity index (χ1v) is 47.1. The van der Waals surface area contributed by atoms with Crippen LogP contribution in [-0.2, 0) is 32.5 Å². The van der Waals surface area contributed by atoms with E-state index in [1.165, 1.54) is 111 Å². The summed E-state index contributed by atoms with van der Waals surface area (Å²) in [7, 11) is 0. The van der Waals surface area contributed by atoms with Gasteiger partial charge < -0.3 is 0 Å². The van der Waals surface area contributed by atoms with Gasteiger partial charge in [0.2, 0.25) is 0 Å². The van der Waals surface area contributed by atoms with Crippen molar-refractivity contribution in [3.05, 3.63) is 452 Å². The molecule has 3 aromatic heterocycles. The lowest BCUT2D eigenvalue weighted by atomic mass is 9.55. The third kappa shape index (κ3) is 15.8. The van der Waals surface area contributed by atoms with Crippen molar-refractivity contribution in [2.45, 2.75) is 116 Å².